The summed E-state index contributed by atoms with van der Waals surface area (Å²) in [5.41, 5.74) is -1.45. The predicted octanol–water partition coefficient (Wildman–Crippen LogP) is 1.23. The van der Waals surface area contributed by atoms with Crippen molar-refractivity contribution in [3.05, 3.63) is 23.3 Å². The standard InChI is InChI=1S/C20H28O6/c1-10-5-7-12(21)18(3)13(22)8-6-11(2)15(18)16(23)20-14(9-10)25-17(24)19(20,4)26-20/h6,9,12-16,21-23H,5,7-8H2,1-4H3/b10-9-/t12-,13?,14?,15?,16-,18-,19+,20?/m0/s1. The molecule has 4 unspecified atom stereocenters. The Morgan fingerprint density at radius 1 is 1.15 bits per heavy atom. The van der Waals surface area contributed by atoms with Crippen molar-refractivity contribution < 1.29 is 29.6 Å². The molecule has 1 spiro atoms. The summed E-state index contributed by atoms with van der Waals surface area (Å²) in [6, 6.07) is 0. The Morgan fingerprint density at radius 2 is 1.85 bits per heavy atom. The highest BCUT2D eigenvalue weighted by molar-refractivity contribution is 5.88. The van der Waals surface area contributed by atoms with Crippen molar-refractivity contribution in [2.75, 3.05) is 0 Å². The molecule has 3 N–H and O–H groups in total. The molecule has 26 heavy (non-hydrogen) atoms. The van der Waals surface area contributed by atoms with E-state index in [9.17, 15) is 20.1 Å². The SMILES string of the molecule is CC1=CCC(O)[C@@]2(C)C1[C@H](O)C13O[C@]1(C)C(=O)OC3/C=C(/C)CC[C@@H]2O. The number of epoxide rings is 1. The van der Waals surface area contributed by atoms with Gasteiger partial charge in [-0.15, -0.1) is 0 Å². The molecule has 6 nitrogen and oxygen atoms in total. The number of carbonyl (C=O) groups excluding carboxylic acids is 1. The number of carbonyl (C=O) groups is 1. The van der Waals surface area contributed by atoms with Gasteiger partial charge in [-0.25, -0.2) is 4.79 Å². The van der Waals surface area contributed by atoms with Crippen LogP contribution in [-0.2, 0) is 14.3 Å². The largest absolute Gasteiger partial charge is 0.453 e. The van der Waals surface area contributed by atoms with Crippen molar-refractivity contribution in [1.29, 1.82) is 0 Å². The average Bonchev–Trinajstić information content (AvgIpc) is 3.17. The van der Waals surface area contributed by atoms with Crippen LogP contribution in [0.4, 0.5) is 0 Å². The van der Waals surface area contributed by atoms with Crippen LogP contribution in [0.2, 0.25) is 0 Å². The Bertz CT molecular complexity index is 713. The van der Waals surface area contributed by atoms with Gasteiger partial charge in [-0.3, -0.25) is 0 Å². The maximum Gasteiger partial charge on any atom is 0.342 e. The molecule has 0 bridgehead atoms. The summed E-state index contributed by atoms with van der Waals surface area (Å²) in [6.07, 6.45) is 1.94. The predicted molar refractivity (Wildman–Crippen MR) is 93.1 cm³/mol. The number of ether oxygens (including phenoxy) is 2. The van der Waals surface area contributed by atoms with Crippen molar-refractivity contribution in [2.45, 2.75) is 82.6 Å². The first-order chi connectivity index (χ1) is 12.1. The van der Waals surface area contributed by atoms with Crippen molar-refractivity contribution in [3.63, 3.8) is 0 Å². The van der Waals surface area contributed by atoms with Crippen LogP contribution in [0.25, 0.3) is 0 Å². The fourth-order valence-electron chi connectivity index (χ4n) is 5.49. The van der Waals surface area contributed by atoms with E-state index in [-0.39, 0.29) is 0 Å². The summed E-state index contributed by atoms with van der Waals surface area (Å²) >= 11 is 0. The lowest BCUT2D eigenvalue weighted by molar-refractivity contribution is -0.159. The second kappa shape index (κ2) is 5.41. The minimum absolute atomic E-state index is 0.432. The van der Waals surface area contributed by atoms with E-state index >= 15 is 0 Å². The monoisotopic (exact) mass is 364 g/mol. The molecule has 2 saturated heterocycles. The van der Waals surface area contributed by atoms with Crippen molar-refractivity contribution in [1.82, 2.24) is 0 Å². The smallest absolute Gasteiger partial charge is 0.342 e. The van der Waals surface area contributed by atoms with Crippen LogP contribution in [0.1, 0.15) is 47.0 Å². The van der Waals surface area contributed by atoms with Crippen LogP contribution in [0, 0.1) is 11.3 Å². The lowest BCUT2D eigenvalue weighted by atomic mass is 9.57. The molecule has 0 amide bonds. The summed E-state index contributed by atoms with van der Waals surface area (Å²) in [7, 11) is 0. The molecule has 144 valence electrons. The zero-order valence-corrected chi connectivity index (χ0v) is 15.7. The maximum absolute atomic E-state index is 12.4. The minimum atomic E-state index is -1.19. The normalized spacial score (nSPS) is 55.5. The van der Waals surface area contributed by atoms with E-state index in [1.807, 2.05) is 32.9 Å². The lowest BCUT2D eigenvalue weighted by Gasteiger charge is -2.50. The summed E-state index contributed by atoms with van der Waals surface area (Å²) in [4.78, 5) is 12.4. The number of aliphatic hydroxyl groups is 3. The molecule has 2 heterocycles. The second-order valence-corrected chi connectivity index (χ2v) is 8.81. The van der Waals surface area contributed by atoms with Gasteiger partial charge in [0, 0.05) is 11.3 Å². The Balaban J connectivity index is 1.89. The number of allylic oxidation sites excluding steroid dienone is 1. The van der Waals surface area contributed by atoms with Gasteiger partial charge in [0.1, 0.15) is 0 Å². The van der Waals surface area contributed by atoms with Gasteiger partial charge < -0.3 is 24.8 Å². The molecule has 0 aromatic carbocycles. The molecule has 6 heteroatoms. The minimum Gasteiger partial charge on any atom is -0.453 e. The van der Waals surface area contributed by atoms with Crippen LogP contribution in [0.5, 0.6) is 0 Å². The van der Waals surface area contributed by atoms with Gasteiger partial charge in [0.05, 0.1) is 18.3 Å². The first kappa shape index (κ1) is 18.2. The van der Waals surface area contributed by atoms with Gasteiger partial charge >= 0.3 is 5.97 Å². The topological polar surface area (TPSA) is 99.5 Å². The van der Waals surface area contributed by atoms with Crippen LogP contribution >= 0.6 is 0 Å². The third kappa shape index (κ3) is 1.99. The molecular weight excluding hydrogens is 336 g/mol. The number of fused-ring (bicyclic) bond motifs is 1. The van der Waals surface area contributed by atoms with Crippen molar-refractivity contribution in [3.8, 4) is 0 Å². The van der Waals surface area contributed by atoms with Crippen molar-refractivity contribution >= 4 is 5.97 Å². The highest BCUT2D eigenvalue weighted by Crippen LogP contribution is 2.63. The first-order valence-corrected chi connectivity index (χ1v) is 9.38. The molecule has 8 atom stereocenters. The first-order valence-electron chi connectivity index (χ1n) is 9.38. The Morgan fingerprint density at radius 3 is 2.50 bits per heavy atom. The summed E-state index contributed by atoms with van der Waals surface area (Å²) in [6.45, 7) is 7.30. The van der Waals surface area contributed by atoms with Crippen LogP contribution in [0.15, 0.2) is 23.3 Å². The van der Waals surface area contributed by atoms with Gasteiger partial charge in [-0.05, 0) is 46.1 Å². The van der Waals surface area contributed by atoms with Crippen LogP contribution in [-0.4, -0.2) is 56.9 Å². The molecule has 0 saturated carbocycles. The molecule has 2 aliphatic carbocycles. The number of rotatable bonds is 0. The maximum atomic E-state index is 12.4. The van der Waals surface area contributed by atoms with E-state index < -0.39 is 52.9 Å². The fraction of sp³-hybridized carbons (Fsp3) is 0.750. The molecule has 4 rings (SSSR count). The quantitative estimate of drug-likeness (QED) is 0.340. The van der Waals surface area contributed by atoms with E-state index in [0.29, 0.717) is 19.3 Å². The molecule has 2 fully saturated rings. The lowest BCUT2D eigenvalue weighted by Crippen LogP contribution is -2.59. The fourth-order valence-corrected chi connectivity index (χ4v) is 5.49. The zero-order chi connectivity index (χ0) is 19.1. The van der Waals surface area contributed by atoms with Gasteiger partial charge in [-0.1, -0.05) is 24.1 Å². The summed E-state index contributed by atoms with van der Waals surface area (Å²) in [5.74, 6) is -1.00. The number of hydrogen-bond donors (Lipinski definition) is 3. The number of hydrogen-bond acceptors (Lipinski definition) is 6. The van der Waals surface area contributed by atoms with Gasteiger partial charge in [0.25, 0.3) is 0 Å². The van der Waals surface area contributed by atoms with E-state index in [0.717, 1.165) is 11.1 Å². The van der Waals surface area contributed by atoms with Gasteiger partial charge in [0.15, 0.2) is 17.3 Å². The molecule has 2 aliphatic heterocycles. The molecule has 0 aromatic heterocycles. The third-order valence-electron chi connectivity index (χ3n) is 7.39. The van der Waals surface area contributed by atoms with Crippen LogP contribution < -0.4 is 0 Å². The Kier molecular flexibility index (Phi) is 3.78. The average molecular weight is 364 g/mol. The van der Waals surface area contributed by atoms with Crippen LogP contribution in [0.3, 0.4) is 0 Å². The molecular formula is C20H28O6. The third-order valence-corrected chi connectivity index (χ3v) is 7.39. The van der Waals surface area contributed by atoms with E-state index in [4.69, 9.17) is 9.47 Å². The Hall–Kier alpha value is -1.21. The van der Waals surface area contributed by atoms with E-state index in [2.05, 4.69) is 0 Å². The number of esters is 1. The molecule has 0 radical (unpaired) electrons. The van der Waals surface area contributed by atoms with E-state index in [1.54, 1.807) is 6.92 Å². The zero-order valence-electron chi connectivity index (χ0n) is 15.7. The van der Waals surface area contributed by atoms with E-state index in [1.165, 1.54) is 0 Å². The number of aliphatic hydroxyl groups excluding tert-OH is 3. The molecule has 0 aromatic rings. The van der Waals surface area contributed by atoms with Crippen molar-refractivity contribution in [2.24, 2.45) is 11.3 Å². The summed E-state index contributed by atoms with van der Waals surface area (Å²) < 4.78 is 11.4. The molecule has 4 aliphatic rings. The van der Waals surface area contributed by atoms with Gasteiger partial charge in [0.2, 0.25) is 0 Å². The summed E-state index contributed by atoms with van der Waals surface area (Å²) in [5, 5.41) is 33.3. The highest BCUT2D eigenvalue weighted by Gasteiger charge is 2.85. The van der Waals surface area contributed by atoms with Gasteiger partial charge in [-0.2, -0.15) is 0 Å². The Labute approximate surface area is 153 Å². The highest BCUT2D eigenvalue weighted by atomic mass is 16.7. The second-order valence-electron chi connectivity index (χ2n) is 8.81.